The lowest BCUT2D eigenvalue weighted by molar-refractivity contribution is -0.379. The smallest absolute Gasteiger partial charge is 0.324 e. The number of carboxylic acid groups (broad SMARTS) is 1. The molecule has 0 bridgehead atoms. The molecular formula is C7H8F4O2. The van der Waals surface area contributed by atoms with Gasteiger partial charge in [0.25, 0.3) is 0 Å². The van der Waals surface area contributed by atoms with E-state index in [2.05, 4.69) is 0 Å². The molecular weight excluding hydrogens is 192 g/mol. The maximum absolute atomic E-state index is 12.7. The van der Waals surface area contributed by atoms with Crippen molar-refractivity contribution < 1.29 is 27.5 Å². The first-order valence-electron chi connectivity index (χ1n) is 3.55. The number of alkyl halides is 4. The molecule has 1 N–H and O–H groups in total. The van der Waals surface area contributed by atoms with Crippen molar-refractivity contribution in [3.63, 3.8) is 0 Å². The van der Waals surface area contributed by atoms with Crippen molar-refractivity contribution in [2.45, 2.75) is 25.7 Å². The number of carboxylic acids is 1. The van der Waals surface area contributed by atoms with Gasteiger partial charge in [0.2, 0.25) is 0 Å². The molecule has 0 saturated heterocycles. The summed E-state index contributed by atoms with van der Waals surface area (Å²) in [6.45, 7) is 1.65. The van der Waals surface area contributed by atoms with E-state index in [4.69, 9.17) is 5.11 Å². The number of hydrogen-bond donors (Lipinski definition) is 1. The molecule has 0 radical (unpaired) electrons. The minimum atomic E-state index is -4.44. The second kappa shape index (κ2) is 2.16. The van der Waals surface area contributed by atoms with Crippen LogP contribution in [0, 0.1) is 11.3 Å². The Kier molecular flexibility index (Phi) is 1.71. The largest absolute Gasteiger partial charge is 0.481 e. The van der Waals surface area contributed by atoms with Crippen LogP contribution in [-0.4, -0.2) is 22.9 Å². The highest BCUT2D eigenvalue weighted by Crippen LogP contribution is 2.66. The third-order valence-electron chi connectivity index (χ3n) is 2.56. The van der Waals surface area contributed by atoms with E-state index in [1.807, 2.05) is 0 Å². The molecule has 1 aliphatic rings. The summed E-state index contributed by atoms with van der Waals surface area (Å²) in [5, 5.41) is 8.32. The van der Waals surface area contributed by atoms with Crippen LogP contribution >= 0.6 is 0 Å². The molecule has 1 fully saturated rings. The van der Waals surface area contributed by atoms with E-state index in [0.29, 0.717) is 0 Å². The first-order chi connectivity index (χ1) is 5.57. The molecule has 0 aromatic heterocycles. The van der Waals surface area contributed by atoms with Crippen LogP contribution in [0.2, 0.25) is 0 Å². The van der Waals surface area contributed by atoms with Crippen molar-refractivity contribution in [3.8, 4) is 0 Å². The molecule has 0 spiro atoms. The average molecular weight is 200 g/mol. The van der Waals surface area contributed by atoms with Crippen molar-refractivity contribution in [2.24, 2.45) is 11.3 Å². The van der Waals surface area contributed by atoms with Gasteiger partial charge in [0.15, 0.2) is 0 Å². The van der Waals surface area contributed by atoms with Gasteiger partial charge in [-0.15, -0.1) is 0 Å². The summed E-state index contributed by atoms with van der Waals surface area (Å²) < 4.78 is 50.6. The molecule has 0 aliphatic heterocycles. The van der Waals surface area contributed by atoms with Crippen LogP contribution in [0.25, 0.3) is 0 Å². The topological polar surface area (TPSA) is 37.3 Å². The van der Waals surface area contributed by atoms with E-state index >= 15 is 0 Å². The second-order valence-electron chi connectivity index (χ2n) is 3.69. The SMILES string of the molecule is CC1(C)C(C(=O)O)C(F)(F)C1(F)F. The molecule has 1 saturated carbocycles. The van der Waals surface area contributed by atoms with Crippen LogP contribution in [0.3, 0.4) is 0 Å². The van der Waals surface area contributed by atoms with Gasteiger partial charge in [-0.1, -0.05) is 13.8 Å². The van der Waals surface area contributed by atoms with Crippen LogP contribution in [0.15, 0.2) is 0 Å². The third kappa shape index (κ3) is 0.858. The highest BCUT2D eigenvalue weighted by molar-refractivity contribution is 5.75. The molecule has 1 aliphatic carbocycles. The lowest BCUT2D eigenvalue weighted by Gasteiger charge is -2.54. The Bertz CT molecular complexity index is 241. The van der Waals surface area contributed by atoms with Gasteiger partial charge in [-0.05, 0) is 0 Å². The summed E-state index contributed by atoms with van der Waals surface area (Å²) in [7, 11) is 0. The molecule has 13 heavy (non-hydrogen) atoms. The van der Waals surface area contributed by atoms with Gasteiger partial charge in [0, 0.05) is 0 Å². The van der Waals surface area contributed by atoms with Crippen molar-refractivity contribution in [1.82, 2.24) is 0 Å². The zero-order chi connectivity index (χ0) is 10.7. The van der Waals surface area contributed by atoms with Crippen LogP contribution in [-0.2, 0) is 4.79 Å². The third-order valence-corrected chi connectivity index (χ3v) is 2.56. The fourth-order valence-electron chi connectivity index (χ4n) is 1.63. The predicted octanol–water partition coefficient (Wildman–Crippen LogP) is 2.00. The molecule has 76 valence electrons. The Hall–Kier alpha value is -0.810. The van der Waals surface area contributed by atoms with Crippen LogP contribution in [0.5, 0.6) is 0 Å². The van der Waals surface area contributed by atoms with Crippen molar-refractivity contribution in [3.05, 3.63) is 0 Å². The van der Waals surface area contributed by atoms with Crippen molar-refractivity contribution >= 4 is 5.97 Å². The molecule has 0 aromatic rings. The number of rotatable bonds is 1. The Labute approximate surface area is 71.5 Å². The van der Waals surface area contributed by atoms with E-state index in [1.165, 1.54) is 0 Å². The highest BCUT2D eigenvalue weighted by atomic mass is 19.3. The Balaban J connectivity index is 3.10. The minimum absolute atomic E-state index is 0.823. The molecule has 1 unspecified atom stereocenters. The Morgan fingerprint density at radius 1 is 1.23 bits per heavy atom. The summed E-state index contributed by atoms with van der Waals surface area (Å²) in [6, 6.07) is 0. The van der Waals surface area contributed by atoms with Gasteiger partial charge in [-0.3, -0.25) is 4.79 Å². The van der Waals surface area contributed by atoms with E-state index < -0.39 is 29.1 Å². The van der Waals surface area contributed by atoms with Gasteiger partial charge in [0.1, 0.15) is 5.92 Å². The Morgan fingerprint density at radius 2 is 1.62 bits per heavy atom. The molecule has 6 heteroatoms. The monoisotopic (exact) mass is 200 g/mol. The number of aliphatic carboxylic acids is 1. The number of carbonyl (C=O) groups is 1. The minimum Gasteiger partial charge on any atom is -0.481 e. The highest BCUT2D eigenvalue weighted by Gasteiger charge is 2.85. The normalized spacial score (nSPS) is 33.5. The fourth-order valence-corrected chi connectivity index (χ4v) is 1.63. The van der Waals surface area contributed by atoms with E-state index in [0.717, 1.165) is 13.8 Å². The van der Waals surface area contributed by atoms with E-state index in [1.54, 1.807) is 0 Å². The quantitative estimate of drug-likeness (QED) is 0.657. The van der Waals surface area contributed by atoms with Gasteiger partial charge < -0.3 is 5.11 Å². The van der Waals surface area contributed by atoms with Crippen LogP contribution in [0.4, 0.5) is 17.6 Å². The maximum atomic E-state index is 12.7. The fraction of sp³-hybridized carbons (Fsp3) is 0.857. The average Bonchev–Trinajstić information content (AvgIpc) is 1.82. The summed E-state index contributed by atoms with van der Waals surface area (Å²) >= 11 is 0. The van der Waals surface area contributed by atoms with Gasteiger partial charge in [-0.2, -0.15) is 17.6 Å². The summed E-state index contributed by atoms with van der Waals surface area (Å²) in [6.07, 6.45) is 0. The lowest BCUT2D eigenvalue weighted by atomic mass is 9.56. The lowest BCUT2D eigenvalue weighted by Crippen LogP contribution is -2.73. The van der Waals surface area contributed by atoms with Gasteiger partial charge in [0.05, 0.1) is 5.41 Å². The van der Waals surface area contributed by atoms with Crippen molar-refractivity contribution in [1.29, 1.82) is 0 Å². The van der Waals surface area contributed by atoms with Gasteiger partial charge in [-0.25, -0.2) is 0 Å². The first-order valence-corrected chi connectivity index (χ1v) is 3.55. The second-order valence-corrected chi connectivity index (χ2v) is 3.69. The number of halogens is 4. The molecule has 0 amide bonds. The summed E-state index contributed by atoms with van der Waals surface area (Å²) in [5.74, 6) is -12.9. The zero-order valence-electron chi connectivity index (χ0n) is 6.94. The van der Waals surface area contributed by atoms with E-state index in [-0.39, 0.29) is 0 Å². The summed E-state index contributed by atoms with van der Waals surface area (Å²) in [5.41, 5.74) is -2.19. The Morgan fingerprint density at radius 3 is 1.77 bits per heavy atom. The predicted molar refractivity (Wildman–Crippen MR) is 34.8 cm³/mol. The summed E-state index contributed by atoms with van der Waals surface area (Å²) in [4.78, 5) is 10.3. The number of hydrogen-bond acceptors (Lipinski definition) is 1. The zero-order valence-corrected chi connectivity index (χ0v) is 6.94. The molecule has 0 aromatic carbocycles. The first kappa shape index (κ1) is 10.3. The van der Waals surface area contributed by atoms with E-state index in [9.17, 15) is 22.4 Å². The molecule has 0 heterocycles. The van der Waals surface area contributed by atoms with Crippen LogP contribution in [0.1, 0.15) is 13.8 Å². The van der Waals surface area contributed by atoms with Crippen molar-refractivity contribution in [2.75, 3.05) is 0 Å². The molecule has 1 atom stereocenters. The van der Waals surface area contributed by atoms with Crippen LogP contribution < -0.4 is 0 Å². The standard InChI is InChI=1S/C7H8F4O2/c1-5(2)3(4(12)13)6(8,9)7(5,10)11/h3H,1-2H3,(H,12,13). The molecule has 2 nitrogen and oxygen atoms in total. The van der Waals surface area contributed by atoms with Gasteiger partial charge >= 0.3 is 17.8 Å². The maximum Gasteiger partial charge on any atom is 0.324 e. The molecule has 1 rings (SSSR count).